The standard InChI is InChI=1S/C30H33Cl3N4O4S/c1-42(39,40)37(20-30(12-14-34-15-13-30)23-7-3-5-9-28(23)37)36-29(38)27(19-41-18-22-6-2-4-8-24(22)31)35-17-21-10-11-25(32)26(33)16-21/h2-11,16,27,34-35H,12-15,17-20H2,1H3/p+1. The topological polar surface area (TPSA) is 96.5 Å². The molecule has 0 saturated carbocycles. The molecule has 0 aromatic heterocycles. The SMILES string of the molecule is CS(=O)(=O)[N+]1(NC(=O)C(COCc2ccccc2Cl)NCc2ccc(Cl)c(Cl)c2)CC2(CCNCC2)c2ccccc21. The first-order valence-electron chi connectivity index (χ1n) is 13.7. The van der Waals surface area contributed by atoms with Crippen LogP contribution in [0.1, 0.15) is 29.5 Å². The third-order valence-corrected chi connectivity index (χ3v) is 10.8. The highest BCUT2D eigenvalue weighted by molar-refractivity contribution is 7.90. The van der Waals surface area contributed by atoms with Crippen molar-refractivity contribution < 1.29 is 17.9 Å². The summed E-state index contributed by atoms with van der Waals surface area (Å²) in [5, 5.41) is 7.99. The molecule has 0 radical (unpaired) electrons. The van der Waals surface area contributed by atoms with Crippen molar-refractivity contribution in [2.75, 3.05) is 32.5 Å². The molecular weight excluding hydrogens is 619 g/mol. The number of fused-ring (bicyclic) bond motifs is 2. The molecule has 8 nitrogen and oxygen atoms in total. The Labute approximate surface area is 261 Å². The van der Waals surface area contributed by atoms with Gasteiger partial charge in [-0.1, -0.05) is 81.3 Å². The summed E-state index contributed by atoms with van der Waals surface area (Å²) in [6.07, 6.45) is 2.72. The molecule has 0 aliphatic carbocycles. The summed E-state index contributed by atoms with van der Waals surface area (Å²) in [6.45, 7) is 2.20. The van der Waals surface area contributed by atoms with Crippen LogP contribution in [0, 0.1) is 0 Å². The highest BCUT2D eigenvalue weighted by atomic mass is 35.5. The number of carbonyl (C=O) groups excluding carboxylic acids is 1. The molecule has 0 bridgehead atoms. The molecule has 5 rings (SSSR count). The van der Waals surface area contributed by atoms with Gasteiger partial charge < -0.3 is 10.1 Å². The zero-order valence-electron chi connectivity index (χ0n) is 23.2. The molecule has 1 amide bonds. The van der Waals surface area contributed by atoms with Crippen LogP contribution in [-0.2, 0) is 38.1 Å². The highest BCUT2D eigenvalue weighted by Crippen LogP contribution is 2.50. The van der Waals surface area contributed by atoms with Gasteiger partial charge in [-0.3, -0.25) is 10.1 Å². The lowest BCUT2D eigenvalue weighted by Gasteiger charge is -2.36. The van der Waals surface area contributed by atoms with Crippen LogP contribution in [0.2, 0.25) is 15.1 Å². The number of ether oxygens (including phenoxy) is 1. The summed E-state index contributed by atoms with van der Waals surface area (Å²) in [4.78, 5) is 14.1. The molecule has 1 spiro atoms. The summed E-state index contributed by atoms with van der Waals surface area (Å²) < 4.78 is 32.6. The maximum Gasteiger partial charge on any atom is 0.321 e. The lowest BCUT2D eigenvalue weighted by molar-refractivity contribution is -0.127. The van der Waals surface area contributed by atoms with Gasteiger partial charge in [0.15, 0.2) is 5.69 Å². The lowest BCUT2D eigenvalue weighted by atomic mass is 9.75. The van der Waals surface area contributed by atoms with Gasteiger partial charge in [0.05, 0.1) is 34.9 Å². The van der Waals surface area contributed by atoms with E-state index in [-0.39, 0.29) is 31.7 Å². The van der Waals surface area contributed by atoms with E-state index in [1.807, 2.05) is 42.5 Å². The van der Waals surface area contributed by atoms with Gasteiger partial charge in [-0.15, -0.1) is 0 Å². The van der Waals surface area contributed by atoms with Gasteiger partial charge in [0, 0.05) is 23.2 Å². The third kappa shape index (κ3) is 6.34. The van der Waals surface area contributed by atoms with Gasteiger partial charge in [0.25, 0.3) is 5.91 Å². The van der Waals surface area contributed by atoms with Gasteiger partial charge in [0.1, 0.15) is 12.6 Å². The van der Waals surface area contributed by atoms with E-state index in [0.29, 0.717) is 20.8 Å². The number of amides is 1. The molecule has 3 N–H and O–H groups in total. The van der Waals surface area contributed by atoms with E-state index in [1.54, 1.807) is 24.3 Å². The van der Waals surface area contributed by atoms with Crippen LogP contribution in [0.15, 0.2) is 66.7 Å². The number of hydrogen-bond acceptors (Lipinski definition) is 6. The van der Waals surface area contributed by atoms with Crippen molar-refractivity contribution in [3.8, 4) is 0 Å². The predicted octanol–water partition coefficient (Wildman–Crippen LogP) is 4.95. The average molecular weight is 653 g/mol. The number of para-hydroxylation sites is 1. The van der Waals surface area contributed by atoms with Gasteiger partial charge in [-0.05, 0) is 55.3 Å². The maximum absolute atomic E-state index is 14.1. The second-order valence-corrected chi connectivity index (χ2v) is 14.3. The Morgan fingerprint density at radius 3 is 2.43 bits per heavy atom. The van der Waals surface area contributed by atoms with Crippen LogP contribution in [0.25, 0.3) is 0 Å². The van der Waals surface area contributed by atoms with Crippen LogP contribution in [0.5, 0.6) is 0 Å². The summed E-state index contributed by atoms with van der Waals surface area (Å²) in [5.41, 5.74) is 5.71. The summed E-state index contributed by atoms with van der Waals surface area (Å²) >= 11 is 18.6. The number of nitrogens with one attached hydrogen (secondary N) is 3. The summed E-state index contributed by atoms with van der Waals surface area (Å²) in [5.74, 6) is -0.500. The van der Waals surface area contributed by atoms with Crippen molar-refractivity contribution in [2.45, 2.75) is 37.5 Å². The number of benzene rings is 3. The Morgan fingerprint density at radius 1 is 1.00 bits per heavy atom. The first-order chi connectivity index (χ1) is 20.0. The largest absolute Gasteiger partial charge is 0.375 e. The number of piperidine rings is 1. The van der Waals surface area contributed by atoms with Gasteiger partial charge in [-0.2, -0.15) is 13.8 Å². The Balaban J connectivity index is 1.43. The molecule has 3 aromatic carbocycles. The van der Waals surface area contributed by atoms with Crippen molar-refractivity contribution in [1.82, 2.24) is 20.1 Å². The van der Waals surface area contributed by atoms with E-state index in [1.165, 1.54) is 6.26 Å². The minimum absolute atomic E-state index is 0.0289. The summed E-state index contributed by atoms with van der Waals surface area (Å²) in [6, 6.07) is 19.2. The van der Waals surface area contributed by atoms with Crippen LogP contribution < -0.4 is 20.1 Å². The fourth-order valence-corrected chi connectivity index (χ4v) is 7.69. The lowest BCUT2D eigenvalue weighted by Crippen LogP contribution is -2.68. The Kier molecular flexibility index (Phi) is 9.51. The molecule has 2 aliphatic heterocycles. The van der Waals surface area contributed by atoms with Crippen molar-refractivity contribution >= 4 is 56.4 Å². The maximum atomic E-state index is 14.1. The zero-order chi connectivity index (χ0) is 30.0. The quantitative estimate of drug-likeness (QED) is 0.268. The fraction of sp³-hybridized carbons (Fsp3) is 0.367. The van der Waals surface area contributed by atoms with E-state index in [2.05, 4.69) is 16.1 Å². The van der Waals surface area contributed by atoms with Crippen LogP contribution >= 0.6 is 34.8 Å². The Bertz CT molecular complexity index is 1570. The van der Waals surface area contributed by atoms with Crippen LogP contribution in [0.3, 0.4) is 0 Å². The Hall–Kier alpha value is -2.21. The molecule has 2 aliphatic rings. The van der Waals surface area contributed by atoms with Crippen molar-refractivity contribution in [3.63, 3.8) is 0 Å². The predicted molar refractivity (Wildman–Crippen MR) is 168 cm³/mol. The van der Waals surface area contributed by atoms with E-state index in [0.717, 1.165) is 42.6 Å². The molecule has 42 heavy (non-hydrogen) atoms. The van der Waals surface area contributed by atoms with Crippen molar-refractivity contribution in [1.29, 1.82) is 0 Å². The molecule has 3 aromatic rings. The molecule has 2 atom stereocenters. The molecule has 1 saturated heterocycles. The molecule has 1 fully saturated rings. The van der Waals surface area contributed by atoms with Gasteiger partial charge in [0.2, 0.25) is 0 Å². The van der Waals surface area contributed by atoms with Crippen LogP contribution in [-0.4, -0.2) is 52.9 Å². The molecule has 2 unspecified atom stereocenters. The monoisotopic (exact) mass is 651 g/mol. The molecule has 224 valence electrons. The number of halogens is 3. The minimum atomic E-state index is -3.86. The van der Waals surface area contributed by atoms with E-state index >= 15 is 0 Å². The average Bonchev–Trinajstić information content (AvgIpc) is 3.23. The van der Waals surface area contributed by atoms with Gasteiger partial charge >= 0.3 is 10.0 Å². The molecule has 2 heterocycles. The third-order valence-electron chi connectivity index (χ3n) is 8.16. The smallest absolute Gasteiger partial charge is 0.321 e. The number of rotatable bonds is 10. The fourth-order valence-electron chi connectivity index (χ4n) is 5.92. The number of nitrogens with zero attached hydrogens (tertiary/aromatic N) is 1. The van der Waals surface area contributed by atoms with Gasteiger partial charge in [-0.25, -0.2) is 0 Å². The van der Waals surface area contributed by atoms with Crippen LogP contribution in [0.4, 0.5) is 5.69 Å². The van der Waals surface area contributed by atoms with Crippen molar-refractivity contribution in [2.24, 2.45) is 0 Å². The second kappa shape index (κ2) is 12.8. The zero-order valence-corrected chi connectivity index (χ0v) is 26.3. The molecular formula is C30H34Cl3N4O4S+. The molecule has 12 heteroatoms. The number of quaternary nitrogens is 1. The number of sulfonamides is 1. The van der Waals surface area contributed by atoms with E-state index in [4.69, 9.17) is 39.5 Å². The number of carbonyl (C=O) groups is 1. The summed E-state index contributed by atoms with van der Waals surface area (Å²) in [7, 11) is -3.86. The minimum Gasteiger partial charge on any atom is -0.375 e. The normalized spacial score (nSPS) is 20.3. The first kappa shape index (κ1) is 31.2. The Morgan fingerprint density at radius 2 is 1.71 bits per heavy atom. The van der Waals surface area contributed by atoms with E-state index in [9.17, 15) is 13.2 Å². The highest BCUT2D eigenvalue weighted by Gasteiger charge is 2.60. The van der Waals surface area contributed by atoms with E-state index < -0.39 is 26.0 Å². The van der Waals surface area contributed by atoms with Crippen molar-refractivity contribution in [3.05, 3.63) is 98.5 Å². The second-order valence-electron chi connectivity index (χ2n) is 10.9. The first-order valence-corrected chi connectivity index (χ1v) is 16.7. The number of hydrogen-bond donors (Lipinski definition) is 3.